The van der Waals surface area contributed by atoms with Crippen LogP contribution in [-0.4, -0.2) is 5.78 Å². The van der Waals surface area contributed by atoms with E-state index in [0.717, 1.165) is 12.3 Å². The van der Waals surface area contributed by atoms with E-state index in [9.17, 15) is 4.79 Å². The molecular formula is C11H14O. The molecule has 2 saturated carbocycles. The quantitative estimate of drug-likeness (QED) is 0.498. The van der Waals surface area contributed by atoms with Gasteiger partial charge in [0.2, 0.25) is 0 Å². The van der Waals surface area contributed by atoms with Gasteiger partial charge in [0.25, 0.3) is 0 Å². The first-order chi connectivity index (χ1) is 5.77. The summed E-state index contributed by atoms with van der Waals surface area (Å²) in [4.78, 5) is 11.6. The molecule has 0 aliphatic heterocycles. The molecule has 3 aliphatic rings. The summed E-state index contributed by atoms with van der Waals surface area (Å²) in [6.45, 7) is 2.25. The highest BCUT2D eigenvalue weighted by Crippen LogP contribution is 2.55. The first kappa shape index (κ1) is 6.88. The molecule has 0 amide bonds. The minimum Gasteiger partial charge on any atom is -0.299 e. The summed E-state index contributed by atoms with van der Waals surface area (Å²) in [5.41, 5.74) is 0. The Balaban J connectivity index is 2.03. The molecule has 0 aromatic heterocycles. The van der Waals surface area contributed by atoms with Crippen LogP contribution in [0.2, 0.25) is 0 Å². The van der Waals surface area contributed by atoms with E-state index >= 15 is 0 Å². The van der Waals surface area contributed by atoms with Gasteiger partial charge in [-0.1, -0.05) is 19.1 Å². The highest BCUT2D eigenvalue weighted by Gasteiger charge is 2.53. The van der Waals surface area contributed by atoms with Gasteiger partial charge < -0.3 is 0 Å². The van der Waals surface area contributed by atoms with Crippen LogP contribution < -0.4 is 0 Å². The minimum absolute atomic E-state index is 0.426. The fourth-order valence-corrected chi connectivity index (χ4v) is 3.68. The van der Waals surface area contributed by atoms with Crippen molar-refractivity contribution in [2.45, 2.75) is 19.8 Å². The molecule has 0 aromatic carbocycles. The van der Waals surface area contributed by atoms with Gasteiger partial charge in [-0.3, -0.25) is 4.79 Å². The monoisotopic (exact) mass is 162 g/mol. The summed E-state index contributed by atoms with van der Waals surface area (Å²) < 4.78 is 0. The predicted octanol–water partition coefficient (Wildman–Crippen LogP) is 2.03. The Labute approximate surface area is 72.8 Å². The molecule has 3 aliphatic carbocycles. The predicted molar refractivity (Wildman–Crippen MR) is 46.5 cm³/mol. The van der Waals surface area contributed by atoms with Crippen molar-refractivity contribution in [3.8, 4) is 0 Å². The molecule has 0 heterocycles. The molecule has 0 aromatic rings. The number of hydrogen-bond donors (Lipinski definition) is 0. The summed E-state index contributed by atoms with van der Waals surface area (Å²) in [5.74, 6) is 3.72. The fourth-order valence-electron chi connectivity index (χ4n) is 3.68. The third kappa shape index (κ3) is 0.634. The van der Waals surface area contributed by atoms with Gasteiger partial charge in [0, 0.05) is 12.3 Å². The van der Waals surface area contributed by atoms with Gasteiger partial charge in [-0.05, 0) is 30.1 Å². The molecule has 1 heteroatoms. The van der Waals surface area contributed by atoms with Crippen LogP contribution in [0, 0.1) is 29.6 Å². The van der Waals surface area contributed by atoms with Gasteiger partial charge in [-0.15, -0.1) is 0 Å². The second-order valence-corrected chi connectivity index (χ2v) is 4.70. The van der Waals surface area contributed by atoms with Crippen molar-refractivity contribution in [2.24, 2.45) is 29.6 Å². The summed E-state index contributed by atoms with van der Waals surface area (Å²) >= 11 is 0. The Morgan fingerprint density at radius 2 is 2.08 bits per heavy atom. The van der Waals surface area contributed by atoms with Crippen LogP contribution in [0.3, 0.4) is 0 Å². The van der Waals surface area contributed by atoms with Crippen LogP contribution in [0.5, 0.6) is 0 Å². The molecule has 64 valence electrons. The number of carbonyl (C=O) groups is 1. The van der Waals surface area contributed by atoms with Crippen LogP contribution in [-0.2, 0) is 4.79 Å². The van der Waals surface area contributed by atoms with E-state index in [1.807, 2.05) is 0 Å². The average Bonchev–Trinajstić information content (AvgIpc) is 2.64. The van der Waals surface area contributed by atoms with Crippen LogP contribution in [0.15, 0.2) is 12.2 Å². The Hall–Kier alpha value is -0.590. The van der Waals surface area contributed by atoms with E-state index in [2.05, 4.69) is 19.1 Å². The Morgan fingerprint density at radius 3 is 2.83 bits per heavy atom. The van der Waals surface area contributed by atoms with E-state index in [0.29, 0.717) is 29.5 Å². The summed E-state index contributed by atoms with van der Waals surface area (Å²) in [6.07, 6.45) is 6.75. The molecule has 2 bridgehead atoms. The maximum Gasteiger partial charge on any atom is 0.137 e. The Morgan fingerprint density at radius 1 is 1.33 bits per heavy atom. The highest BCUT2D eigenvalue weighted by atomic mass is 16.1. The smallest absolute Gasteiger partial charge is 0.137 e. The van der Waals surface area contributed by atoms with Crippen molar-refractivity contribution in [3.05, 3.63) is 12.2 Å². The first-order valence-electron chi connectivity index (χ1n) is 4.98. The zero-order chi connectivity index (χ0) is 8.29. The lowest BCUT2D eigenvalue weighted by molar-refractivity contribution is -0.121. The number of allylic oxidation sites excluding steroid dienone is 2. The number of fused-ring (bicyclic) bond motifs is 5. The second-order valence-electron chi connectivity index (χ2n) is 4.70. The standard InChI is InChI=1S/C11H14O/c1-6-4-9(12)11-8-3-2-7(5-8)10(6)11/h2-3,6-8,10-11H,4-5H2,1H3/t6?,7-,8+,10?,11?/m0/s1. The maximum absolute atomic E-state index is 11.6. The Bertz CT molecular complexity index is 266. The molecule has 12 heavy (non-hydrogen) atoms. The Kier molecular flexibility index (Phi) is 1.15. The van der Waals surface area contributed by atoms with Crippen molar-refractivity contribution >= 4 is 5.78 Å². The number of hydrogen-bond acceptors (Lipinski definition) is 1. The number of ketones is 1. The normalized spacial score (nSPS) is 55.1. The zero-order valence-electron chi connectivity index (χ0n) is 7.36. The van der Waals surface area contributed by atoms with Crippen molar-refractivity contribution in [1.29, 1.82) is 0 Å². The van der Waals surface area contributed by atoms with E-state index in [-0.39, 0.29) is 0 Å². The zero-order valence-corrected chi connectivity index (χ0v) is 7.36. The molecule has 3 unspecified atom stereocenters. The molecule has 0 N–H and O–H groups in total. The number of carbonyl (C=O) groups excluding carboxylic acids is 1. The second kappa shape index (κ2) is 2.01. The van der Waals surface area contributed by atoms with E-state index in [1.165, 1.54) is 6.42 Å². The van der Waals surface area contributed by atoms with E-state index in [4.69, 9.17) is 0 Å². The van der Waals surface area contributed by atoms with Crippen molar-refractivity contribution < 1.29 is 4.79 Å². The molecule has 1 nitrogen and oxygen atoms in total. The lowest BCUT2D eigenvalue weighted by Crippen LogP contribution is -2.20. The van der Waals surface area contributed by atoms with Crippen molar-refractivity contribution in [1.82, 2.24) is 0 Å². The van der Waals surface area contributed by atoms with Crippen LogP contribution in [0.25, 0.3) is 0 Å². The van der Waals surface area contributed by atoms with Crippen LogP contribution in [0.1, 0.15) is 19.8 Å². The third-order valence-corrected chi connectivity index (χ3v) is 4.07. The largest absolute Gasteiger partial charge is 0.299 e. The third-order valence-electron chi connectivity index (χ3n) is 4.07. The molecule has 5 atom stereocenters. The van der Waals surface area contributed by atoms with Crippen LogP contribution in [0.4, 0.5) is 0 Å². The fraction of sp³-hybridized carbons (Fsp3) is 0.727. The molecule has 0 radical (unpaired) electrons. The van der Waals surface area contributed by atoms with E-state index < -0.39 is 0 Å². The minimum atomic E-state index is 0.426. The lowest BCUT2D eigenvalue weighted by Gasteiger charge is -2.21. The maximum atomic E-state index is 11.6. The van der Waals surface area contributed by atoms with E-state index in [1.54, 1.807) is 0 Å². The molecule has 2 fully saturated rings. The molecule has 0 saturated heterocycles. The summed E-state index contributed by atoms with van der Waals surface area (Å²) in [5, 5.41) is 0. The first-order valence-corrected chi connectivity index (χ1v) is 4.98. The van der Waals surface area contributed by atoms with Gasteiger partial charge in [0.05, 0.1) is 0 Å². The molecule has 3 rings (SSSR count). The lowest BCUT2D eigenvalue weighted by atomic mass is 9.82. The summed E-state index contributed by atoms with van der Waals surface area (Å²) in [6, 6.07) is 0. The van der Waals surface area contributed by atoms with Gasteiger partial charge in [0.15, 0.2) is 0 Å². The number of Topliss-reactive ketones (excluding diaryl/α,β-unsaturated/α-hetero) is 1. The van der Waals surface area contributed by atoms with Crippen LogP contribution >= 0.6 is 0 Å². The topological polar surface area (TPSA) is 17.1 Å². The number of rotatable bonds is 0. The van der Waals surface area contributed by atoms with Gasteiger partial charge in [0.1, 0.15) is 5.78 Å². The van der Waals surface area contributed by atoms with Crippen molar-refractivity contribution in [2.75, 3.05) is 0 Å². The van der Waals surface area contributed by atoms with Gasteiger partial charge in [-0.2, -0.15) is 0 Å². The SMILES string of the molecule is CC1CC(=O)C2C1[C@H]1C=C[C@@H]2C1. The van der Waals surface area contributed by atoms with Crippen molar-refractivity contribution in [3.63, 3.8) is 0 Å². The molecule has 0 spiro atoms. The summed E-state index contributed by atoms with van der Waals surface area (Å²) in [7, 11) is 0. The van der Waals surface area contributed by atoms with Gasteiger partial charge in [-0.25, -0.2) is 0 Å². The molecular weight excluding hydrogens is 148 g/mol. The average molecular weight is 162 g/mol. The highest BCUT2D eigenvalue weighted by molar-refractivity contribution is 5.85. The van der Waals surface area contributed by atoms with Gasteiger partial charge >= 0.3 is 0 Å².